The van der Waals surface area contributed by atoms with Crippen molar-refractivity contribution in [2.45, 2.75) is 18.9 Å². The number of nitrogens with zero attached hydrogens (tertiary/aromatic N) is 2. The normalized spacial score (nSPS) is 19.9. The number of rotatable bonds is 5. The monoisotopic (exact) mass is 282 g/mol. The summed E-state index contributed by atoms with van der Waals surface area (Å²) in [4.78, 5) is 31.3. The maximum absolute atomic E-state index is 12.0. The van der Waals surface area contributed by atoms with Crippen LogP contribution in [-0.4, -0.2) is 62.8 Å². The minimum absolute atomic E-state index is 0.0419. The third-order valence-corrected chi connectivity index (χ3v) is 3.41. The molecule has 8 heteroatoms. The molecule has 0 radical (unpaired) electrons. The van der Waals surface area contributed by atoms with Gasteiger partial charge in [-0.1, -0.05) is 0 Å². The van der Waals surface area contributed by atoms with Crippen molar-refractivity contribution < 1.29 is 19.8 Å². The minimum Gasteiger partial charge on any atom is -0.480 e. The predicted molar refractivity (Wildman–Crippen MR) is 69.0 cm³/mol. The number of likely N-dealkylation sites (tertiary alicyclic amines) is 1. The minimum atomic E-state index is -1.09. The first kappa shape index (κ1) is 14.3. The van der Waals surface area contributed by atoms with Crippen LogP contribution in [-0.2, 0) is 11.2 Å². The zero-order chi connectivity index (χ0) is 14.5. The fourth-order valence-electron chi connectivity index (χ4n) is 2.22. The average molecular weight is 282 g/mol. The molecule has 2 amide bonds. The summed E-state index contributed by atoms with van der Waals surface area (Å²) in [5, 5.41) is 20.7. The molecule has 8 nitrogen and oxygen atoms in total. The SMILES string of the molecule is O=C(O)[C@H](Cc1cnc[nH]1)NC(=O)N1CCC(CO)C1. The van der Waals surface area contributed by atoms with E-state index in [2.05, 4.69) is 15.3 Å². The Morgan fingerprint density at radius 1 is 1.60 bits per heavy atom. The third-order valence-electron chi connectivity index (χ3n) is 3.41. The lowest BCUT2D eigenvalue weighted by Gasteiger charge is -2.20. The van der Waals surface area contributed by atoms with Gasteiger partial charge in [0.2, 0.25) is 0 Å². The second-order valence-corrected chi connectivity index (χ2v) is 4.90. The number of aromatic nitrogens is 2. The summed E-state index contributed by atoms with van der Waals surface area (Å²) < 4.78 is 0. The van der Waals surface area contributed by atoms with E-state index in [4.69, 9.17) is 10.2 Å². The van der Waals surface area contributed by atoms with Crippen LogP contribution in [0, 0.1) is 5.92 Å². The summed E-state index contributed by atoms with van der Waals surface area (Å²) in [6.45, 7) is 1.03. The highest BCUT2D eigenvalue weighted by Crippen LogP contribution is 2.15. The standard InChI is InChI=1S/C12H18N4O4/c17-6-8-1-2-16(5-8)12(20)15-10(11(18)19)3-9-4-13-7-14-9/h4,7-8,10,17H,1-3,5-6H2,(H,13,14)(H,15,20)(H,18,19)/t8?,10-/m0/s1. The van der Waals surface area contributed by atoms with E-state index in [1.807, 2.05) is 0 Å². The number of amides is 2. The number of aliphatic carboxylic acids is 1. The number of carbonyl (C=O) groups excluding carboxylic acids is 1. The maximum Gasteiger partial charge on any atom is 0.326 e. The highest BCUT2D eigenvalue weighted by atomic mass is 16.4. The molecule has 0 spiro atoms. The number of H-pyrrole nitrogens is 1. The van der Waals surface area contributed by atoms with Crippen LogP contribution in [0.1, 0.15) is 12.1 Å². The van der Waals surface area contributed by atoms with Crippen LogP contribution in [0.5, 0.6) is 0 Å². The number of aromatic amines is 1. The topological polar surface area (TPSA) is 119 Å². The summed E-state index contributed by atoms with van der Waals surface area (Å²) in [6.07, 6.45) is 3.88. The van der Waals surface area contributed by atoms with Crippen LogP contribution >= 0.6 is 0 Å². The van der Waals surface area contributed by atoms with Gasteiger partial charge < -0.3 is 25.4 Å². The van der Waals surface area contributed by atoms with E-state index in [9.17, 15) is 9.59 Å². The molecular formula is C12H18N4O4. The number of nitrogens with one attached hydrogen (secondary N) is 2. The largest absolute Gasteiger partial charge is 0.480 e. The van der Waals surface area contributed by atoms with Crippen molar-refractivity contribution in [2.24, 2.45) is 5.92 Å². The van der Waals surface area contributed by atoms with E-state index in [0.717, 1.165) is 6.42 Å². The van der Waals surface area contributed by atoms with E-state index in [-0.39, 0.29) is 18.9 Å². The average Bonchev–Trinajstić information content (AvgIpc) is 3.08. The molecule has 2 atom stereocenters. The number of aliphatic hydroxyl groups excluding tert-OH is 1. The first-order valence-electron chi connectivity index (χ1n) is 6.46. The second-order valence-electron chi connectivity index (χ2n) is 4.90. The van der Waals surface area contributed by atoms with Crippen molar-refractivity contribution in [2.75, 3.05) is 19.7 Å². The number of carbonyl (C=O) groups is 2. The third kappa shape index (κ3) is 3.47. The van der Waals surface area contributed by atoms with Crippen LogP contribution < -0.4 is 5.32 Å². The predicted octanol–water partition coefficient (Wildman–Crippen LogP) is -0.571. The van der Waals surface area contributed by atoms with Gasteiger partial charge in [0.15, 0.2) is 0 Å². The molecule has 1 fully saturated rings. The van der Waals surface area contributed by atoms with Gasteiger partial charge in [0, 0.05) is 43.9 Å². The van der Waals surface area contributed by atoms with Crippen molar-refractivity contribution in [1.82, 2.24) is 20.2 Å². The molecule has 0 aromatic carbocycles. The molecule has 1 aliphatic heterocycles. The second kappa shape index (κ2) is 6.38. The van der Waals surface area contributed by atoms with Crippen molar-refractivity contribution >= 4 is 12.0 Å². The molecule has 2 rings (SSSR count). The Balaban J connectivity index is 1.91. The molecule has 2 heterocycles. The zero-order valence-electron chi connectivity index (χ0n) is 11.0. The van der Waals surface area contributed by atoms with Crippen LogP contribution in [0.3, 0.4) is 0 Å². The molecule has 0 aliphatic carbocycles. The lowest BCUT2D eigenvalue weighted by Crippen LogP contribution is -2.48. The number of carboxylic acids is 1. The number of aliphatic hydroxyl groups is 1. The van der Waals surface area contributed by atoms with Crippen LogP contribution in [0.15, 0.2) is 12.5 Å². The molecule has 4 N–H and O–H groups in total. The van der Waals surface area contributed by atoms with Crippen molar-refractivity contribution in [3.05, 3.63) is 18.2 Å². The van der Waals surface area contributed by atoms with Crippen molar-refractivity contribution in [3.8, 4) is 0 Å². The van der Waals surface area contributed by atoms with Crippen molar-refractivity contribution in [1.29, 1.82) is 0 Å². The summed E-state index contributed by atoms with van der Waals surface area (Å²) in [6, 6.07) is -1.41. The van der Waals surface area contributed by atoms with Gasteiger partial charge in [-0.15, -0.1) is 0 Å². The molecule has 0 bridgehead atoms. The highest BCUT2D eigenvalue weighted by molar-refractivity contribution is 5.82. The van der Waals surface area contributed by atoms with Gasteiger partial charge in [0.25, 0.3) is 0 Å². The lowest BCUT2D eigenvalue weighted by atomic mass is 10.1. The Hall–Kier alpha value is -2.09. The van der Waals surface area contributed by atoms with E-state index < -0.39 is 18.0 Å². The van der Waals surface area contributed by atoms with Crippen molar-refractivity contribution in [3.63, 3.8) is 0 Å². The summed E-state index contributed by atoms with van der Waals surface area (Å²) >= 11 is 0. The molecule has 0 saturated carbocycles. The van der Waals surface area contributed by atoms with Gasteiger partial charge in [-0.3, -0.25) is 0 Å². The Morgan fingerprint density at radius 3 is 2.95 bits per heavy atom. The Bertz CT molecular complexity index is 462. The number of imidazole rings is 1. The van der Waals surface area contributed by atoms with Gasteiger partial charge >= 0.3 is 12.0 Å². The van der Waals surface area contributed by atoms with Crippen LogP contribution in [0.2, 0.25) is 0 Å². The molecule has 1 aromatic heterocycles. The highest BCUT2D eigenvalue weighted by Gasteiger charge is 2.29. The molecule has 1 unspecified atom stereocenters. The first-order chi connectivity index (χ1) is 9.60. The smallest absolute Gasteiger partial charge is 0.326 e. The van der Waals surface area contributed by atoms with Crippen LogP contribution in [0.25, 0.3) is 0 Å². The van der Waals surface area contributed by atoms with Gasteiger partial charge in [-0.2, -0.15) is 0 Å². The molecular weight excluding hydrogens is 264 g/mol. The molecule has 1 saturated heterocycles. The van der Waals surface area contributed by atoms with Gasteiger partial charge in [0.1, 0.15) is 6.04 Å². The van der Waals surface area contributed by atoms with E-state index >= 15 is 0 Å². The van der Waals surface area contributed by atoms with E-state index in [1.165, 1.54) is 17.4 Å². The summed E-state index contributed by atoms with van der Waals surface area (Å²) in [5.41, 5.74) is 0.646. The van der Waals surface area contributed by atoms with Gasteiger partial charge in [-0.05, 0) is 6.42 Å². The Morgan fingerprint density at radius 2 is 2.40 bits per heavy atom. The quantitative estimate of drug-likeness (QED) is 0.576. The molecule has 110 valence electrons. The molecule has 20 heavy (non-hydrogen) atoms. The molecule has 1 aromatic rings. The first-order valence-corrected chi connectivity index (χ1v) is 6.46. The van der Waals surface area contributed by atoms with E-state index in [1.54, 1.807) is 0 Å². The zero-order valence-corrected chi connectivity index (χ0v) is 11.0. The number of hydrogen-bond donors (Lipinski definition) is 4. The van der Waals surface area contributed by atoms with E-state index in [0.29, 0.717) is 18.8 Å². The Labute approximate surface area is 115 Å². The number of hydrogen-bond acceptors (Lipinski definition) is 4. The fourth-order valence-corrected chi connectivity index (χ4v) is 2.22. The summed E-state index contributed by atoms with van der Waals surface area (Å²) in [5.74, 6) is -1.01. The van der Waals surface area contributed by atoms with Gasteiger partial charge in [-0.25, -0.2) is 14.6 Å². The maximum atomic E-state index is 12.0. The summed E-state index contributed by atoms with van der Waals surface area (Å²) in [7, 11) is 0. The van der Waals surface area contributed by atoms with Gasteiger partial charge in [0.05, 0.1) is 6.33 Å². The van der Waals surface area contributed by atoms with Crippen LogP contribution in [0.4, 0.5) is 4.79 Å². The fraction of sp³-hybridized carbons (Fsp3) is 0.583. The Kier molecular flexibility index (Phi) is 4.57. The number of carboxylic acid groups (broad SMARTS) is 1. The number of urea groups is 1. The molecule has 1 aliphatic rings. The lowest BCUT2D eigenvalue weighted by molar-refractivity contribution is -0.139.